The monoisotopic (exact) mass is 412 g/mol. The molecule has 158 valence electrons. The highest BCUT2D eigenvalue weighted by molar-refractivity contribution is 6.46. The van der Waals surface area contributed by atoms with Crippen LogP contribution in [0, 0.1) is 0 Å². The van der Waals surface area contributed by atoms with Crippen molar-refractivity contribution < 1.29 is 29.1 Å². The maximum absolute atomic E-state index is 12.9. The molecule has 2 N–H and O–H groups in total. The van der Waals surface area contributed by atoms with Gasteiger partial charge in [-0.2, -0.15) is 0 Å². The van der Waals surface area contributed by atoms with Crippen LogP contribution in [0.3, 0.4) is 0 Å². The molecule has 1 aliphatic rings. The zero-order valence-electron chi connectivity index (χ0n) is 17.5. The van der Waals surface area contributed by atoms with Crippen molar-refractivity contribution >= 4 is 17.4 Å². The fraction of sp³-hybridized carbons (Fsp3) is 0.318. The van der Waals surface area contributed by atoms with Crippen molar-refractivity contribution in [2.45, 2.75) is 6.04 Å². The topological polar surface area (TPSA) is 93.4 Å². The molecule has 1 saturated heterocycles. The predicted octanol–water partition coefficient (Wildman–Crippen LogP) is 0.665. The number of aliphatic hydroxyl groups is 1. The highest BCUT2D eigenvalue weighted by Gasteiger charge is 2.46. The second-order valence-corrected chi connectivity index (χ2v) is 7.30. The van der Waals surface area contributed by atoms with Gasteiger partial charge in [0.25, 0.3) is 11.7 Å². The number of aromatic nitrogens is 1. The first-order chi connectivity index (χ1) is 14.4. The second kappa shape index (κ2) is 8.96. The van der Waals surface area contributed by atoms with Crippen molar-refractivity contribution in [2.24, 2.45) is 0 Å². The number of Topliss-reactive ketones (excluding diaryl/α,β-unsaturated/α-hetero) is 1. The fourth-order valence-corrected chi connectivity index (χ4v) is 3.49. The molecule has 1 aromatic carbocycles. The number of hydrogen-bond donors (Lipinski definition) is 2. The lowest BCUT2D eigenvalue weighted by Crippen LogP contribution is -3.06. The van der Waals surface area contributed by atoms with Crippen molar-refractivity contribution in [3.8, 4) is 11.5 Å². The van der Waals surface area contributed by atoms with Gasteiger partial charge < -0.3 is 24.4 Å². The number of nitrogens with one attached hydrogen (secondary N) is 1. The SMILES string of the molecule is COc1ccc(/C(O)=C2\C(=O)C(=O)N(CC[NH+](C)C)[C@H]2c2ccncc2)cc1OC. The van der Waals surface area contributed by atoms with Crippen LogP contribution in [0.4, 0.5) is 0 Å². The lowest BCUT2D eigenvalue weighted by atomic mass is 9.96. The minimum Gasteiger partial charge on any atom is -0.507 e. The number of aliphatic hydroxyl groups excluding tert-OH is 1. The highest BCUT2D eigenvalue weighted by atomic mass is 16.5. The van der Waals surface area contributed by atoms with Crippen LogP contribution < -0.4 is 14.4 Å². The molecular formula is C22H26N3O5+. The van der Waals surface area contributed by atoms with Crippen LogP contribution in [0.2, 0.25) is 0 Å². The van der Waals surface area contributed by atoms with Crippen LogP contribution in [-0.4, -0.2) is 68.1 Å². The molecule has 1 aliphatic heterocycles. The fourth-order valence-electron chi connectivity index (χ4n) is 3.49. The molecule has 1 fully saturated rings. The number of benzene rings is 1. The third-order valence-corrected chi connectivity index (χ3v) is 5.07. The van der Waals surface area contributed by atoms with Gasteiger partial charge in [-0.15, -0.1) is 0 Å². The summed E-state index contributed by atoms with van der Waals surface area (Å²) in [7, 11) is 6.95. The van der Waals surface area contributed by atoms with Gasteiger partial charge in [-0.05, 0) is 35.9 Å². The predicted molar refractivity (Wildman–Crippen MR) is 110 cm³/mol. The van der Waals surface area contributed by atoms with Gasteiger partial charge in [-0.3, -0.25) is 14.6 Å². The summed E-state index contributed by atoms with van der Waals surface area (Å²) in [4.78, 5) is 32.5. The van der Waals surface area contributed by atoms with E-state index in [1.807, 2.05) is 14.1 Å². The number of pyridine rings is 1. The van der Waals surface area contributed by atoms with Crippen LogP contribution in [0.15, 0.2) is 48.3 Å². The molecule has 1 aromatic heterocycles. The molecule has 8 nitrogen and oxygen atoms in total. The van der Waals surface area contributed by atoms with Crippen LogP contribution in [0.25, 0.3) is 5.76 Å². The number of likely N-dealkylation sites (tertiary alicyclic amines) is 1. The standard InChI is InChI=1S/C22H25N3O5/c1-24(2)11-12-25-19(14-7-9-23-10-8-14)18(21(27)22(25)28)20(26)15-5-6-16(29-3)17(13-15)30-4/h5-10,13,19,26H,11-12H2,1-4H3/p+1/b20-18+/t19-/m0/s1. The summed E-state index contributed by atoms with van der Waals surface area (Å²) in [5, 5.41) is 11.1. The summed E-state index contributed by atoms with van der Waals surface area (Å²) in [6, 6.07) is 7.63. The van der Waals surface area contributed by atoms with Gasteiger partial charge in [0.2, 0.25) is 0 Å². The number of quaternary nitrogens is 1. The Morgan fingerprint density at radius 3 is 2.37 bits per heavy atom. The molecule has 1 amide bonds. The quantitative estimate of drug-likeness (QED) is 0.394. The molecule has 0 bridgehead atoms. The smallest absolute Gasteiger partial charge is 0.295 e. The van der Waals surface area contributed by atoms with Gasteiger partial charge in [0.15, 0.2) is 11.5 Å². The first-order valence-corrected chi connectivity index (χ1v) is 9.58. The average Bonchev–Trinajstić information content (AvgIpc) is 3.01. The van der Waals surface area contributed by atoms with E-state index < -0.39 is 17.7 Å². The Hall–Kier alpha value is -3.39. The van der Waals surface area contributed by atoms with Gasteiger partial charge >= 0.3 is 0 Å². The molecule has 2 aromatic rings. The number of carbonyl (C=O) groups excluding carboxylic acids is 2. The third-order valence-electron chi connectivity index (χ3n) is 5.07. The number of nitrogens with zero attached hydrogens (tertiary/aromatic N) is 2. The van der Waals surface area contributed by atoms with Gasteiger partial charge in [0, 0.05) is 18.0 Å². The number of ketones is 1. The van der Waals surface area contributed by atoms with E-state index in [2.05, 4.69) is 4.98 Å². The van der Waals surface area contributed by atoms with Crippen molar-refractivity contribution in [1.82, 2.24) is 9.88 Å². The van der Waals surface area contributed by atoms with Crippen LogP contribution >= 0.6 is 0 Å². The lowest BCUT2D eigenvalue weighted by Gasteiger charge is -2.25. The van der Waals surface area contributed by atoms with Crippen LogP contribution in [0.1, 0.15) is 17.2 Å². The average molecular weight is 412 g/mol. The molecule has 3 rings (SSSR count). The van der Waals surface area contributed by atoms with E-state index in [1.165, 1.54) is 19.1 Å². The van der Waals surface area contributed by atoms with Gasteiger partial charge in [-0.25, -0.2) is 0 Å². The number of rotatable bonds is 7. The minimum absolute atomic E-state index is 0.0483. The Bertz CT molecular complexity index is 972. The highest BCUT2D eigenvalue weighted by Crippen LogP contribution is 2.40. The number of hydrogen-bond acceptors (Lipinski definition) is 6. The van der Waals surface area contributed by atoms with E-state index in [1.54, 1.807) is 42.7 Å². The van der Waals surface area contributed by atoms with E-state index in [9.17, 15) is 14.7 Å². The van der Waals surface area contributed by atoms with Crippen molar-refractivity contribution in [3.63, 3.8) is 0 Å². The summed E-state index contributed by atoms with van der Waals surface area (Å²) in [5.41, 5.74) is 1.12. The zero-order chi connectivity index (χ0) is 21.8. The van der Waals surface area contributed by atoms with E-state index in [0.717, 1.165) is 4.90 Å². The maximum atomic E-state index is 12.9. The number of ether oxygens (including phenoxy) is 2. The second-order valence-electron chi connectivity index (χ2n) is 7.30. The minimum atomic E-state index is -0.710. The number of carbonyl (C=O) groups is 2. The van der Waals surface area contributed by atoms with Crippen LogP contribution in [0.5, 0.6) is 11.5 Å². The molecule has 0 aliphatic carbocycles. The molecular weight excluding hydrogens is 386 g/mol. The lowest BCUT2D eigenvalue weighted by molar-refractivity contribution is -0.857. The number of methoxy groups -OCH3 is 2. The first kappa shape index (κ1) is 21.3. The summed E-state index contributed by atoms with van der Waals surface area (Å²) in [5.74, 6) is -0.685. The third kappa shape index (κ3) is 3.99. The van der Waals surface area contributed by atoms with Gasteiger partial charge in [0.05, 0.1) is 53.0 Å². The Morgan fingerprint density at radius 1 is 1.10 bits per heavy atom. The van der Waals surface area contributed by atoms with Gasteiger partial charge in [-0.1, -0.05) is 0 Å². The summed E-state index contributed by atoms with van der Waals surface area (Å²) in [6.45, 7) is 1.04. The Labute approximate surface area is 175 Å². The molecule has 0 unspecified atom stereocenters. The van der Waals surface area contributed by atoms with Crippen LogP contribution in [-0.2, 0) is 9.59 Å². The van der Waals surface area contributed by atoms with E-state index in [4.69, 9.17) is 9.47 Å². The van der Waals surface area contributed by atoms with E-state index in [0.29, 0.717) is 35.7 Å². The van der Waals surface area contributed by atoms with Gasteiger partial charge in [0.1, 0.15) is 5.76 Å². The molecule has 2 heterocycles. The maximum Gasteiger partial charge on any atom is 0.295 e. The largest absolute Gasteiger partial charge is 0.507 e. The summed E-state index contributed by atoms with van der Waals surface area (Å²) >= 11 is 0. The Balaban J connectivity index is 2.14. The van der Waals surface area contributed by atoms with Crippen molar-refractivity contribution in [1.29, 1.82) is 0 Å². The summed E-state index contributed by atoms with van der Waals surface area (Å²) < 4.78 is 10.5. The molecule has 0 radical (unpaired) electrons. The molecule has 30 heavy (non-hydrogen) atoms. The number of amides is 1. The molecule has 0 saturated carbocycles. The normalized spacial score (nSPS) is 18.2. The Kier molecular flexibility index (Phi) is 6.37. The van der Waals surface area contributed by atoms with Crippen molar-refractivity contribution in [2.75, 3.05) is 41.4 Å². The first-order valence-electron chi connectivity index (χ1n) is 9.58. The van der Waals surface area contributed by atoms with E-state index >= 15 is 0 Å². The Morgan fingerprint density at radius 2 is 1.77 bits per heavy atom. The van der Waals surface area contributed by atoms with E-state index in [-0.39, 0.29) is 11.3 Å². The number of likely N-dealkylation sites (N-methyl/N-ethyl adjacent to an activating group) is 1. The molecule has 0 spiro atoms. The van der Waals surface area contributed by atoms with Crippen molar-refractivity contribution in [3.05, 3.63) is 59.4 Å². The molecule has 8 heteroatoms. The molecule has 1 atom stereocenters. The zero-order valence-corrected chi connectivity index (χ0v) is 17.5. The summed E-state index contributed by atoms with van der Waals surface area (Å²) in [6.07, 6.45) is 3.20.